The largest absolute Gasteiger partial charge is 0.495 e. The summed E-state index contributed by atoms with van der Waals surface area (Å²) in [5.41, 5.74) is 3.20. The third-order valence-corrected chi connectivity index (χ3v) is 6.19. The molecule has 0 radical (unpaired) electrons. The molecule has 2 aromatic carbocycles. The van der Waals surface area contributed by atoms with Crippen LogP contribution in [0.5, 0.6) is 5.75 Å². The maximum absolute atomic E-state index is 13.5. The zero-order valence-corrected chi connectivity index (χ0v) is 20.8. The first-order valence-corrected chi connectivity index (χ1v) is 11.8. The van der Waals surface area contributed by atoms with Gasteiger partial charge in [0.25, 0.3) is 11.5 Å². The average molecular weight is 507 g/mol. The number of carbonyl (C=O) groups is 1. The van der Waals surface area contributed by atoms with Crippen molar-refractivity contribution in [2.24, 2.45) is 0 Å². The normalized spacial score (nSPS) is 11.3. The molecule has 0 bridgehead atoms. The smallest absolute Gasteiger partial charge is 0.424 e. The second-order valence-electron chi connectivity index (χ2n) is 8.51. The van der Waals surface area contributed by atoms with Gasteiger partial charge in [0.2, 0.25) is 5.91 Å². The number of H-pyrrole nitrogens is 1. The van der Waals surface area contributed by atoms with Crippen molar-refractivity contribution in [1.82, 2.24) is 24.0 Å². The van der Waals surface area contributed by atoms with Gasteiger partial charge in [-0.15, -0.1) is 0 Å². The van der Waals surface area contributed by atoms with Gasteiger partial charge in [0.1, 0.15) is 12.3 Å². The van der Waals surface area contributed by atoms with Crippen LogP contribution in [0.2, 0.25) is 5.02 Å². The van der Waals surface area contributed by atoms with Gasteiger partial charge >= 0.3 is 5.69 Å². The lowest BCUT2D eigenvalue weighted by atomic mass is 10.2. The Labute approximate surface area is 211 Å². The lowest BCUT2D eigenvalue weighted by Crippen LogP contribution is -2.33. The van der Waals surface area contributed by atoms with E-state index in [0.717, 1.165) is 16.8 Å². The van der Waals surface area contributed by atoms with Gasteiger partial charge in [-0.05, 0) is 54.8 Å². The number of nitrogens with zero attached hydrogens (tertiary/aromatic N) is 5. The number of halogens is 1. The molecule has 1 amide bonds. The van der Waals surface area contributed by atoms with Gasteiger partial charge in [-0.1, -0.05) is 23.7 Å². The molecule has 0 atom stereocenters. The average Bonchev–Trinajstić information content (AvgIpc) is 3.43. The summed E-state index contributed by atoms with van der Waals surface area (Å²) in [6.07, 6.45) is 0.562. The Bertz CT molecular complexity index is 1670. The van der Waals surface area contributed by atoms with Crippen LogP contribution in [-0.2, 0) is 24.3 Å². The molecule has 0 unspecified atom stereocenters. The van der Waals surface area contributed by atoms with Crippen molar-refractivity contribution in [3.8, 4) is 5.75 Å². The quantitative estimate of drug-likeness (QED) is 0.365. The van der Waals surface area contributed by atoms with Crippen molar-refractivity contribution < 1.29 is 14.5 Å². The van der Waals surface area contributed by atoms with Gasteiger partial charge in [-0.2, -0.15) is 5.10 Å². The minimum Gasteiger partial charge on any atom is -0.495 e. The van der Waals surface area contributed by atoms with E-state index in [2.05, 4.69) is 20.5 Å². The second kappa shape index (κ2) is 9.46. The van der Waals surface area contributed by atoms with Crippen LogP contribution in [0.3, 0.4) is 0 Å². The molecule has 3 heterocycles. The number of fused-ring (bicyclic) bond motifs is 3. The Morgan fingerprint density at radius 3 is 2.69 bits per heavy atom. The van der Waals surface area contributed by atoms with Crippen molar-refractivity contribution in [1.29, 1.82) is 0 Å². The van der Waals surface area contributed by atoms with Gasteiger partial charge in [0, 0.05) is 10.7 Å². The molecular weight excluding hydrogens is 482 g/mol. The number of ether oxygens (including phenoxy) is 1. The van der Waals surface area contributed by atoms with Crippen LogP contribution in [0, 0.1) is 13.8 Å². The topological polar surface area (TPSA) is 110 Å². The minimum atomic E-state index is -0.425. The van der Waals surface area contributed by atoms with E-state index in [0.29, 0.717) is 46.4 Å². The number of anilines is 1. The lowest BCUT2D eigenvalue weighted by Gasteiger charge is -2.12. The van der Waals surface area contributed by atoms with Gasteiger partial charge in [0.15, 0.2) is 0 Å². The highest BCUT2D eigenvalue weighted by atomic mass is 35.5. The Morgan fingerprint density at radius 1 is 1.14 bits per heavy atom. The number of hydrogen-bond acceptors (Lipinski definition) is 5. The minimum absolute atomic E-state index is 0.216. The first-order valence-electron chi connectivity index (χ1n) is 11.4. The first-order chi connectivity index (χ1) is 17.3. The summed E-state index contributed by atoms with van der Waals surface area (Å²) in [4.78, 5) is 29.7. The maximum Gasteiger partial charge on any atom is 0.424 e. The summed E-state index contributed by atoms with van der Waals surface area (Å²) in [7, 11) is 1.51. The Kier molecular flexibility index (Phi) is 6.19. The fraction of sp³-hybridized carbons (Fsp3) is 0.240. The molecule has 0 saturated heterocycles. The fourth-order valence-corrected chi connectivity index (χ4v) is 4.49. The number of aromatic nitrogens is 6. The number of amides is 1. The molecule has 0 spiro atoms. The van der Waals surface area contributed by atoms with Gasteiger partial charge in [-0.25, -0.2) is 9.78 Å². The van der Waals surface area contributed by atoms with Gasteiger partial charge in [-0.3, -0.25) is 14.0 Å². The SMILES string of the molecule is COc1ccc(Cl)cc1NC(=O)Cn1c(=O)n2nc(CCn3nc(C)cc3C)[nH+]c2c2ccccc21. The number of aromatic amines is 1. The van der Waals surface area contributed by atoms with E-state index < -0.39 is 11.6 Å². The molecule has 0 aliphatic rings. The predicted molar refractivity (Wildman–Crippen MR) is 136 cm³/mol. The molecule has 10 nitrogen and oxygen atoms in total. The summed E-state index contributed by atoms with van der Waals surface area (Å²) in [6, 6.07) is 14.4. The van der Waals surface area contributed by atoms with E-state index in [-0.39, 0.29) is 6.54 Å². The zero-order valence-electron chi connectivity index (χ0n) is 20.1. The molecule has 36 heavy (non-hydrogen) atoms. The lowest BCUT2D eigenvalue weighted by molar-refractivity contribution is -0.358. The number of para-hydroxylation sites is 1. The summed E-state index contributed by atoms with van der Waals surface area (Å²) >= 11 is 6.08. The molecule has 3 aromatic heterocycles. The molecule has 2 N–H and O–H groups in total. The molecule has 0 aliphatic heterocycles. The second-order valence-corrected chi connectivity index (χ2v) is 8.95. The molecule has 5 rings (SSSR count). The van der Waals surface area contributed by atoms with Crippen LogP contribution in [0.25, 0.3) is 16.6 Å². The predicted octanol–water partition coefficient (Wildman–Crippen LogP) is 2.82. The molecular formula is C25H25ClN7O3+. The number of hydrogen-bond donors (Lipinski definition) is 1. The summed E-state index contributed by atoms with van der Waals surface area (Å²) in [5.74, 6) is 0.716. The van der Waals surface area contributed by atoms with E-state index in [9.17, 15) is 9.59 Å². The highest BCUT2D eigenvalue weighted by Gasteiger charge is 2.23. The number of rotatable bonds is 7. The Hall–Kier alpha value is -4.18. The number of nitrogens with one attached hydrogen (secondary N) is 2. The van der Waals surface area contributed by atoms with Crippen LogP contribution in [-0.4, -0.2) is 37.0 Å². The highest BCUT2D eigenvalue weighted by molar-refractivity contribution is 6.31. The standard InChI is InChI=1S/C25H24ClN7O3/c1-15-12-16(2)32(29-15)11-10-22-28-24-18-6-4-5-7-20(18)31(25(35)33(24)30-22)14-23(34)27-19-13-17(26)8-9-21(19)36-3/h4-9,12-13H,10-11,14H2,1-3H3,(H,27,34)/p+1. The van der Waals surface area contributed by atoms with Gasteiger partial charge < -0.3 is 10.1 Å². The van der Waals surface area contributed by atoms with E-state index >= 15 is 0 Å². The third kappa shape index (κ3) is 4.42. The van der Waals surface area contributed by atoms with Crippen molar-refractivity contribution in [2.75, 3.05) is 12.4 Å². The van der Waals surface area contributed by atoms with Crippen LogP contribution < -0.4 is 20.7 Å². The molecule has 0 aliphatic carbocycles. The Balaban J connectivity index is 1.49. The third-order valence-electron chi connectivity index (χ3n) is 5.96. The number of benzene rings is 2. The van der Waals surface area contributed by atoms with Crippen molar-refractivity contribution in [3.05, 3.63) is 81.3 Å². The summed E-state index contributed by atoms with van der Waals surface area (Å²) in [6.45, 7) is 4.36. The van der Waals surface area contributed by atoms with E-state index in [1.165, 1.54) is 16.2 Å². The Morgan fingerprint density at radius 2 is 1.94 bits per heavy atom. The molecule has 184 valence electrons. The number of aryl methyl sites for hydroxylation is 4. The molecule has 11 heteroatoms. The van der Waals surface area contributed by atoms with Crippen molar-refractivity contribution >= 4 is 39.7 Å². The van der Waals surface area contributed by atoms with Crippen LogP contribution in [0.15, 0.2) is 53.3 Å². The van der Waals surface area contributed by atoms with E-state index in [4.69, 9.17) is 16.3 Å². The van der Waals surface area contributed by atoms with Crippen molar-refractivity contribution in [3.63, 3.8) is 0 Å². The summed E-state index contributed by atoms with van der Waals surface area (Å²) in [5, 5.41) is 13.0. The molecule has 0 saturated carbocycles. The highest BCUT2D eigenvalue weighted by Crippen LogP contribution is 2.27. The maximum atomic E-state index is 13.5. The fourth-order valence-electron chi connectivity index (χ4n) is 4.32. The number of carbonyl (C=O) groups excluding carboxylic acids is 1. The van der Waals surface area contributed by atoms with Crippen LogP contribution in [0.1, 0.15) is 17.2 Å². The van der Waals surface area contributed by atoms with Crippen molar-refractivity contribution in [2.45, 2.75) is 33.4 Å². The molecule has 5 aromatic rings. The van der Waals surface area contributed by atoms with Gasteiger partial charge in [0.05, 0.1) is 47.5 Å². The zero-order chi connectivity index (χ0) is 25.4. The van der Waals surface area contributed by atoms with Crippen LogP contribution >= 0.6 is 11.6 Å². The molecule has 0 fully saturated rings. The summed E-state index contributed by atoms with van der Waals surface area (Å²) < 4.78 is 9.93. The van der Waals surface area contributed by atoms with E-state index in [1.807, 2.05) is 42.8 Å². The number of methoxy groups -OCH3 is 1. The monoisotopic (exact) mass is 506 g/mol. The van der Waals surface area contributed by atoms with Crippen LogP contribution in [0.4, 0.5) is 5.69 Å². The van der Waals surface area contributed by atoms with E-state index in [1.54, 1.807) is 24.3 Å². The first kappa shape index (κ1) is 23.6.